The summed E-state index contributed by atoms with van der Waals surface area (Å²) < 4.78 is 1.85. The highest BCUT2D eigenvalue weighted by molar-refractivity contribution is 7.99. The fraction of sp³-hybridized carbons (Fsp3) is 0.308. The number of halogens is 2. The molecule has 0 saturated heterocycles. The van der Waals surface area contributed by atoms with E-state index in [4.69, 9.17) is 11.6 Å². The largest absolute Gasteiger partial charge is 1.00 e. The Bertz CT molecular complexity index is 636. The number of fused-ring (bicyclic) bond motifs is 1. The maximum atomic E-state index is 5.91. The molecular formula is C13H13BrClN4S-. The van der Waals surface area contributed by atoms with Gasteiger partial charge in [0.15, 0.2) is 5.82 Å². The predicted molar refractivity (Wildman–Crippen MR) is 78.2 cm³/mol. The molecule has 0 atom stereocenters. The zero-order valence-electron chi connectivity index (χ0n) is 11.0. The highest BCUT2D eigenvalue weighted by Crippen LogP contribution is 2.26. The third-order valence-corrected chi connectivity index (χ3v) is 4.07. The molecule has 0 amide bonds. The standard InChI is InChI=1S/C13H13ClN4S.BrH/c1-8(2)12-15-16-13-18(12)17-11(7-19-13)9-3-5-10(14)6-4-9;/h3-6,8H,7H2,1-2H3;1H/p-1. The van der Waals surface area contributed by atoms with E-state index in [1.54, 1.807) is 11.8 Å². The van der Waals surface area contributed by atoms with Crippen LogP contribution in [0.4, 0.5) is 0 Å². The van der Waals surface area contributed by atoms with E-state index in [0.29, 0.717) is 5.92 Å². The summed E-state index contributed by atoms with van der Waals surface area (Å²) in [6, 6.07) is 7.75. The summed E-state index contributed by atoms with van der Waals surface area (Å²) in [7, 11) is 0. The number of benzene rings is 1. The molecule has 1 aromatic carbocycles. The zero-order chi connectivity index (χ0) is 13.4. The first-order valence-electron chi connectivity index (χ1n) is 6.07. The summed E-state index contributed by atoms with van der Waals surface area (Å²) >= 11 is 7.57. The molecule has 3 rings (SSSR count). The second-order valence-corrected chi connectivity index (χ2v) is 6.03. The minimum absolute atomic E-state index is 0. The van der Waals surface area contributed by atoms with E-state index >= 15 is 0 Å². The summed E-state index contributed by atoms with van der Waals surface area (Å²) in [5.41, 5.74) is 2.11. The molecule has 4 nitrogen and oxygen atoms in total. The van der Waals surface area contributed by atoms with Crippen LogP contribution in [0.5, 0.6) is 0 Å². The lowest BCUT2D eigenvalue weighted by Crippen LogP contribution is -3.00. The Morgan fingerprint density at radius 1 is 1.20 bits per heavy atom. The topological polar surface area (TPSA) is 43.1 Å². The Balaban J connectivity index is 0.00000147. The Labute approximate surface area is 137 Å². The molecule has 0 fully saturated rings. The molecule has 1 aliphatic heterocycles. The Kier molecular flexibility index (Phi) is 4.88. The van der Waals surface area contributed by atoms with Gasteiger partial charge in [0.1, 0.15) is 0 Å². The van der Waals surface area contributed by atoms with Gasteiger partial charge in [0, 0.05) is 16.7 Å². The predicted octanol–water partition coefficient (Wildman–Crippen LogP) is 0.417. The van der Waals surface area contributed by atoms with Gasteiger partial charge >= 0.3 is 0 Å². The maximum Gasteiger partial charge on any atom is 0.212 e. The molecule has 0 N–H and O–H groups in total. The summed E-state index contributed by atoms with van der Waals surface area (Å²) in [6.07, 6.45) is 0. The van der Waals surface area contributed by atoms with Gasteiger partial charge in [-0.3, -0.25) is 0 Å². The Hall–Kier alpha value is -0.850. The number of aromatic nitrogens is 3. The molecule has 106 valence electrons. The minimum atomic E-state index is 0. The van der Waals surface area contributed by atoms with Crippen molar-refractivity contribution in [1.29, 1.82) is 0 Å². The van der Waals surface area contributed by atoms with Crippen LogP contribution in [-0.2, 0) is 0 Å². The van der Waals surface area contributed by atoms with Crippen molar-refractivity contribution >= 4 is 29.1 Å². The fourth-order valence-corrected chi connectivity index (χ4v) is 2.86. The summed E-state index contributed by atoms with van der Waals surface area (Å²) in [6.45, 7) is 4.18. The van der Waals surface area contributed by atoms with Crippen LogP contribution < -0.4 is 17.0 Å². The van der Waals surface area contributed by atoms with Gasteiger partial charge in [-0.05, 0) is 17.7 Å². The molecule has 0 bridgehead atoms. The number of hydrogen-bond acceptors (Lipinski definition) is 4. The highest BCUT2D eigenvalue weighted by atomic mass is 79.9. The van der Waals surface area contributed by atoms with Crippen molar-refractivity contribution in [2.24, 2.45) is 5.10 Å². The van der Waals surface area contributed by atoms with E-state index in [9.17, 15) is 0 Å². The van der Waals surface area contributed by atoms with Crippen LogP contribution in [0.2, 0.25) is 5.02 Å². The zero-order valence-corrected chi connectivity index (χ0v) is 14.2. The van der Waals surface area contributed by atoms with Crippen molar-refractivity contribution in [2.45, 2.75) is 24.9 Å². The van der Waals surface area contributed by atoms with E-state index in [1.165, 1.54) is 0 Å². The monoisotopic (exact) mass is 371 g/mol. The van der Waals surface area contributed by atoms with Crippen LogP contribution in [0.25, 0.3) is 0 Å². The summed E-state index contributed by atoms with van der Waals surface area (Å²) in [5.74, 6) is 2.00. The van der Waals surface area contributed by atoms with Crippen molar-refractivity contribution in [1.82, 2.24) is 14.9 Å². The first-order valence-corrected chi connectivity index (χ1v) is 7.43. The van der Waals surface area contributed by atoms with E-state index in [2.05, 4.69) is 29.1 Å². The molecule has 7 heteroatoms. The van der Waals surface area contributed by atoms with Gasteiger partial charge in [0.25, 0.3) is 0 Å². The highest BCUT2D eigenvalue weighted by Gasteiger charge is 2.20. The van der Waals surface area contributed by atoms with Crippen molar-refractivity contribution in [3.8, 4) is 0 Å². The van der Waals surface area contributed by atoms with Gasteiger partial charge in [-0.25, -0.2) is 0 Å². The second-order valence-electron chi connectivity index (χ2n) is 4.65. The molecule has 2 aromatic rings. The molecule has 0 radical (unpaired) electrons. The molecule has 1 aliphatic rings. The van der Waals surface area contributed by atoms with E-state index < -0.39 is 0 Å². The van der Waals surface area contributed by atoms with Gasteiger partial charge < -0.3 is 17.0 Å². The number of thioether (sulfide) groups is 1. The van der Waals surface area contributed by atoms with Crippen LogP contribution in [0.3, 0.4) is 0 Å². The van der Waals surface area contributed by atoms with Crippen LogP contribution in [-0.4, -0.2) is 26.3 Å². The van der Waals surface area contributed by atoms with E-state index in [-0.39, 0.29) is 17.0 Å². The molecular weight excluding hydrogens is 360 g/mol. The van der Waals surface area contributed by atoms with Crippen molar-refractivity contribution in [3.05, 3.63) is 40.7 Å². The van der Waals surface area contributed by atoms with Gasteiger partial charge in [0.2, 0.25) is 5.16 Å². The normalized spacial score (nSPS) is 13.7. The lowest BCUT2D eigenvalue weighted by molar-refractivity contribution is -0.00000397. The maximum absolute atomic E-state index is 5.91. The molecule has 0 spiro atoms. The van der Waals surface area contributed by atoms with E-state index in [0.717, 1.165) is 33.0 Å². The lowest BCUT2D eigenvalue weighted by atomic mass is 10.1. The number of nitrogens with zero attached hydrogens (tertiary/aromatic N) is 4. The third-order valence-electron chi connectivity index (χ3n) is 2.89. The van der Waals surface area contributed by atoms with Crippen molar-refractivity contribution < 1.29 is 17.0 Å². The van der Waals surface area contributed by atoms with Gasteiger partial charge in [-0.2, -0.15) is 9.78 Å². The molecule has 2 heterocycles. The van der Waals surface area contributed by atoms with Crippen LogP contribution in [0.1, 0.15) is 31.2 Å². The lowest BCUT2D eigenvalue weighted by Gasteiger charge is -2.14. The minimum Gasteiger partial charge on any atom is -1.00 e. The molecule has 20 heavy (non-hydrogen) atoms. The first kappa shape index (κ1) is 15.5. The van der Waals surface area contributed by atoms with Gasteiger partial charge in [-0.15, -0.1) is 10.2 Å². The van der Waals surface area contributed by atoms with Crippen molar-refractivity contribution in [2.75, 3.05) is 5.75 Å². The van der Waals surface area contributed by atoms with Gasteiger partial charge in [-0.1, -0.05) is 49.3 Å². The fourth-order valence-electron chi connectivity index (χ4n) is 1.89. The third kappa shape index (κ3) is 2.92. The molecule has 0 saturated carbocycles. The number of hydrogen-bond donors (Lipinski definition) is 0. The molecule has 1 aromatic heterocycles. The van der Waals surface area contributed by atoms with Crippen molar-refractivity contribution in [3.63, 3.8) is 0 Å². The summed E-state index contributed by atoms with van der Waals surface area (Å²) in [4.78, 5) is 0. The average Bonchev–Trinajstić information content (AvgIpc) is 2.82. The van der Waals surface area contributed by atoms with Gasteiger partial charge in [0.05, 0.1) is 5.71 Å². The summed E-state index contributed by atoms with van der Waals surface area (Å²) in [5, 5.41) is 14.6. The quantitative estimate of drug-likeness (QED) is 0.767. The van der Waals surface area contributed by atoms with Crippen LogP contribution >= 0.6 is 23.4 Å². The smallest absolute Gasteiger partial charge is 0.212 e. The Morgan fingerprint density at radius 2 is 1.90 bits per heavy atom. The van der Waals surface area contributed by atoms with Crippen LogP contribution in [0, 0.1) is 0 Å². The molecule has 0 unspecified atom stereocenters. The van der Waals surface area contributed by atoms with E-state index in [1.807, 2.05) is 28.9 Å². The SMILES string of the molecule is CC(C)c1nnc2n1N=C(c1ccc(Cl)cc1)CS2.[Br-]. The van der Waals surface area contributed by atoms with Crippen LogP contribution in [0.15, 0.2) is 34.5 Å². The average molecular weight is 373 g/mol. The number of rotatable bonds is 2. The second kappa shape index (κ2) is 6.28. The Morgan fingerprint density at radius 3 is 2.55 bits per heavy atom. The first-order chi connectivity index (χ1) is 9.15. The molecule has 0 aliphatic carbocycles.